The van der Waals surface area contributed by atoms with Crippen LogP contribution >= 0.6 is 11.3 Å². The van der Waals surface area contributed by atoms with Gasteiger partial charge in [0, 0.05) is 10.4 Å². The standard InChI is InChI=1S/C20H20N2O2S/c1-3-24-17-11-9-16(10-12-17)19-14(2)25-20(22-19)21-18(23)13-15-7-5-4-6-8-15/h4-12H,3,13H2,1-2H3,(H,21,22,23). The van der Waals surface area contributed by atoms with Crippen LogP contribution in [0.4, 0.5) is 5.13 Å². The van der Waals surface area contributed by atoms with Crippen LogP contribution < -0.4 is 10.1 Å². The highest BCUT2D eigenvalue weighted by atomic mass is 32.1. The lowest BCUT2D eigenvalue weighted by molar-refractivity contribution is -0.115. The van der Waals surface area contributed by atoms with Crippen molar-refractivity contribution in [2.75, 3.05) is 11.9 Å². The van der Waals surface area contributed by atoms with E-state index >= 15 is 0 Å². The number of aryl methyl sites for hydroxylation is 1. The summed E-state index contributed by atoms with van der Waals surface area (Å²) in [5.74, 6) is 0.786. The molecule has 0 bridgehead atoms. The van der Waals surface area contributed by atoms with Gasteiger partial charge < -0.3 is 10.1 Å². The average molecular weight is 352 g/mol. The molecule has 3 aromatic rings. The number of hydrogen-bond acceptors (Lipinski definition) is 4. The quantitative estimate of drug-likeness (QED) is 0.700. The predicted octanol–water partition coefficient (Wildman–Crippen LogP) is 4.70. The lowest BCUT2D eigenvalue weighted by atomic mass is 10.1. The average Bonchev–Trinajstić information content (AvgIpc) is 2.97. The number of aromatic nitrogens is 1. The molecule has 4 nitrogen and oxygen atoms in total. The zero-order valence-corrected chi connectivity index (χ0v) is 15.1. The first-order valence-corrected chi connectivity index (χ1v) is 9.02. The Kier molecular flexibility index (Phi) is 5.46. The Morgan fingerprint density at radius 1 is 1.12 bits per heavy atom. The summed E-state index contributed by atoms with van der Waals surface area (Å²) in [4.78, 5) is 17.8. The molecule has 0 aliphatic heterocycles. The number of anilines is 1. The van der Waals surface area contributed by atoms with Gasteiger partial charge >= 0.3 is 0 Å². The van der Waals surface area contributed by atoms with Crippen LogP contribution in [0.2, 0.25) is 0 Å². The van der Waals surface area contributed by atoms with Gasteiger partial charge in [-0.3, -0.25) is 4.79 Å². The van der Waals surface area contributed by atoms with Crippen molar-refractivity contribution in [2.45, 2.75) is 20.3 Å². The lowest BCUT2D eigenvalue weighted by Gasteiger charge is -2.04. The Labute approximate surface area is 151 Å². The van der Waals surface area contributed by atoms with E-state index in [1.54, 1.807) is 0 Å². The molecule has 1 aromatic heterocycles. The number of benzene rings is 2. The van der Waals surface area contributed by atoms with E-state index in [0.717, 1.165) is 27.4 Å². The van der Waals surface area contributed by atoms with Crippen molar-refractivity contribution in [3.63, 3.8) is 0 Å². The molecule has 1 N–H and O–H groups in total. The van der Waals surface area contributed by atoms with E-state index in [2.05, 4.69) is 10.3 Å². The van der Waals surface area contributed by atoms with Crippen LogP contribution in [-0.2, 0) is 11.2 Å². The van der Waals surface area contributed by atoms with E-state index in [9.17, 15) is 4.79 Å². The van der Waals surface area contributed by atoms with Gasteiger partial charge in [0.15, 0.2) is 5.13 Å². The number of carbonyl (C=O) groups excluding carboxylic acids is 1. The summed E-state index contributed by atoms with van der Waals surface area (Å²) in [6.45, 7) is 4.62. The third-order valence-electron chi connectivity index (χ3n) is 3.69. The highest BCUT2D eigenvalue weighted by Crippen LogP contribution is 2.31. The van der Waals surface area contributed by atoms with Gasteiger partial charge in [0.05, 0.1) is 18.7 Å². The molecule has 0 unspecified atom stereocenters. The molecule has 0 aliphatic rings. The van der Waals surface area contributed by atoms with Crippen molar-refractivity contribution in [1.82, 2.24) is 4.98 Å². The van der Waals surface area contributed by atoms with E-state index < -0.39 is 0 Å². The Hall–Kier alpha value is -2.66. The summed E-state index contributed by atoms with van der Waals surface area (Å²) >= 11 is 1.49. The Morgan fingerprint density at radius 2 is 1.84 bits per heavy atom. The maximum Gasteiger partial charge on any atom is 0.230 e. The largest absolute Gasteiger partial charge is 0.494 e. The molecule has 0 aliphatic carbocycles. The van der Waals surface area contributed by atoms with Gasteiger partial charge in [0.1, 0.15) is 5.75 Å². The Morgan fingerprint density at radius 3 is 2.52 bits per heavy atom. The minimum absolute atomic E-state index is 0.0572. The molecule has 0 fully saturated rings. The number of ether oxygens (including phenoxy) is 1. The van der Waals surface area contributed by atoms with Crippen LogP contribution in [0, 0.1) is 6.92 Å². The first-order valence-electron chi connectivity index (χ1n) is 8.20. The minimum Gasteiger partial charge on any atom is -0.494 e. The van der Waals surface area contributed by atoms with Crippen LogP contribution in [-0.4, -0.2) is 17.5 Å². The molecule has 0 spiro atoms. The first-order chi connectivity index (χ1) is 12.2. The number of hydrogen-bond donors (Lipinski definition) is 1. The normalized spacial score (nSPS) is 10.5. The number of nitrogens with one attached hydrogen (secondary N) is 1. The van der Waals surface area contributed by atoms with Crippen molar-refractivity contribution in [1.29, 1.82) is 0 Å². The van der Waals surface area contributed by atoms with Crippen LogP contribution in [0.15, 0.2) is 54.6 Å². The van der Waals surface area contributed by atoms with E-state index in [1.807, 2.05) is 68.4 Å². The molecule has 1 amide bonds. The molecular weight excluding hydrogens is 332 g/mol. The lowest BCUT2D eigenvalue weighted by Crippen LogP contribution is -2.14. The van der Waals surface area contributed by atoms with Crippen molar-refractivity contribution >= 4 is 22.4 Å². The summed E-state index contributed by atoms with van der Waals surface area (Å²) < 4.78 is 5.47. The fraction of sp³-hybridized carbons (Fsp3) is 0.200. The van der Waals surface area contributed by atoms with Crippen molar-refractivity contribution in [3.05, 3.63) is 65.0 Å². The molecule has 128 valence electrons. The molecule has 5 heteroatoms. The second kappa shape index (κ2) is 7.94. The van der Waals surface area contributed by atoms with Gasteiger partial charge in [0.25, 0.3) is 0 Å². The van der Waals surface area contributed by atoms with Crippen LogP contribution in [0.1, 0.15) is 17.4 Å². The highest BCUT2D eigenvalue weighted by Gasteiger charge is 2.12. The smallest absolute Gasteiger partial charge is 0.230 e. The molecule has 0 saturated carbocycles. The summed E-state index contributed by atoms with van der Waals surface area (Å²) in [5, 5.41) is 3.52. The number of rotatable bonds is 6. The van der Waals surface area contributed by atoms with Gasteiger partial charge in [0.2, 0.25) is 5.91 Å². The monoisotopic (exact) mass is 352 g/mol. The fourth-order valence-electron chi connectivity index (χ4n) is 2.54. The molecule has 0 saturated heterocycles. The highest BCUT2D eigenvalue weighted by molar-refractivity contribution is 7.16. The summed E-state index contributed by atoms with van der Waals surface area (Å²) in [6, 6.07) is 17.5. The van der Waals surface area contributed by atoms with E-state index in [1.165, 1.54) is 11.3 Å². The summed E-state index contributed by atoms with van der Waals surface area (Å²) in [5.41, 5.74) is 2.89. The zero-order chi connectivity index (χ0) is 17.6. The van der Waals surface area contributed by atoms with E-state index in [4.69, 9.17) is 4.74 Å². The van der Waals surface area contributed by atoms with Gasteiger partial charge in [-0.1, -0.05) is 30.3 Å². The molecular formula is C20H20N2O2S. The van der Waals surface area contributed by atoms with Gasteiger partial charge in [-0.05, 0) is 43.7 Å². The Balaban J connectivity index is 1.70. The molecule has 1 heterocycles. The predicted molar refractivity (Wildman–Crippen MR) is 102 cm³/mol. The number of amides is 1. The number of carbonyl (C=O) groups is 1. The second-order valence-corrected chi connectivity index (χ2v) is 6.79. The number of nitrogens with zero attached hydrogens (tertiary/aromatic N) is 1. The van der Waals surface area contributed by atoms with Crippen LogP contribution in [0.3, 0.4) is 0 Å². The van der Waals surface area contributed by atoms with E-state index in [0.29, 0.717) is 18.2 Å². The van der Waals surface area contributed by atoms with Crippen molar-refractivity contribution in [2.24, 2.45) is 0 Å². The number of thiazole rings is 1. The van der Waals surface area contributed by atoms with Gasteiger partial charge in [-0.2, -0.15) is 0 Å². The third-order valence-corrected chi connectivity index (χ3v) is 4.58. The Bertz CT molecular complexity index is 842. The molecule has 2 aromatic carbocycles. The maximum absolute atomic E-state index is 12.2. The minimum atomic E-state index is -0.0572. The molecule has 0 atom stereocenters. The third kappa shape index (κ3) is 4.45. The zero-order valence-electron chi connectivity index (χ0n) is 14.3. The van der Waals surface area contributed by atoms with Crippen molar-refractivity contribution < 1.29 is 9.53 Å². The maximum atomic E-state index is 12.2. The molecule has 0 radical (unpaired) electrons. The molecule has 3 rings (SSSR count). The van der Waals surface area contributed by atoms with E-state index in [-0.39, 0.29) is 5.91 Å². The second-order valence-electron chi connectivity index (χ2n) is 5.59. The topological polar surface area (TPSA) is 51.2 Å². The van der Waals surface area contributed by atoms with Gasteiger partial charge in [-0.25, -0.2) is 4.98 Å². The van der Waals surface area contributed by atoms with Gasteiger partial charge in [-0.15, -0.1) is 11.3 Å². The van der Waals surface area contributed by atoms with Crippen molar-refractivity contribution in [3.8, 4) is 17.0 Å². The fourth-order valence-corrected chi connectivity index (χ4v) is 3.39. The first kappa shape index (κ1) is 17.2. The summed E-state index contributed by atoms with van der Waals surface area (Å²) in [7, 11) is 0. The van der Waals surface area contributed by atoms with Crippen LogP contribution in [0.25, 0.3) is 11.3 Å². The van der Waals surface area contributed by atoms with Crippen LogP contribution in [0.5, 0.6) is 5.75 Å². The summed E-state index contributed by atoms with van der Waals surface area (Å²) in [6.07, 6.45) is 0.345. The molecule has 25 heavy (non-hydrogen) atoms. The SMILES string of the molecule is CCOc1ccc(-c2nc(NC(=O)Cc3ccccc3)sc2C)cc1.